The maximum atomic E-state index is 11.9. The Morgan fingerprint density at radius 1 is 1.15 bits per heavy atom. The number of aryl methyl sites for hydroxylation is 1. The van der Waals surface area contributed by atoms with Gasteiger partial charge in [0.25, 0.3) is 5.89 Å². The first-order valence-electron chi connectivity index (χ1n) is 8.19. The van der Waals surface area contributed by atoms with E-state index in [0.29, 0.717) is 28.9 Å². The molecule has 9 nitrogen and oxygen atoms in total. The van der Waals surface area contributed by atoms with Gasteiger partial charge in [0.2, 0.25) is 11.8 Å². The normalized spacial score (nSPS) is 11.1. The highest BCUT2D eigenvalue weighted by atomic mass is 16.6. The van der Waals surface area contributed by atoms with Gasteiger partial charge < -0.3 is 13.9 Å². The quantitative estimate of drug-likeness (QED) is 0.735. The molecular weight excluding hydrogens is 350 g/mol. The standard InChI is InChI=1S/C18H19N5O4/c1-11-22-23-16(25-11)14-9-15(20-10-19-14)26-13-7-5-6-12(8-13)21-17(24)27-18(2,3)4/h5-10H,1-4H3,(H,21,24). The molecule has 0 spiro atoms. The van der Waals surface area contributed by atoms with Gasteiger partial charge in [0.1, 0.15) is 23.4 Å². The van der Waals surface area contributed by atoms with E-state index in [1.807, 2.05) is 0 Å². The summed E-state index contributed by atoms with van der Waals surface area (Å²) >= 11 is 0. The van der Waals surface area contributed by atoms with E-state index in [1.54, 1.807) is 58.0 Å². The van der Waals surface area contributed by atoms with Gasteiger partial charge in [-0.05, 0) is 32.9 Å². The summed E-state index contributed by atoms with van der Waals surface area (Å²) < 4.78 is 16.3. The van der Waals surface area contributed by atoms with Crippen molar-refractivity contribution in [2.45, 2.75) is 33.3 Å². The van der Waals surface area contributed by atoms with Gasteiger partial charge in [0, 0.05) is 24.7 Å². The number of anilines is 1. The number of nitrogens with zero attached hydrogens (tertiary/aromatic N) is 4. The van der Waals surface area contributed by atoms with Crippen LogP contribution in [0.2, 0.25) is 0 Å². The number of rotatable bonds is 4. The average molecular weight is 369 g/mol. The Hall–Kier alpha value is -3.49. The summed E-state index contributed by atoms with van der Waals surface area (Å²) in [6.07, 6.45) is 0.795. The molecule has 0 aliphatic heterocycles. The second-order valence-corrected chi connectivity index (χ2v) is 6.62. The van der Waals surface area contributed by atoms with Gasteiger partial charge in [-0.15, -0.1) is 10.2 Å². The SMILES string of the molecule is Cc1nnc(-c2cc(Oc3cccc(NC(=O)OC(C)(C)C)c3)ncn2)o1. The van der Waals surface area contributed by atoms with E-state index in [4.69, 9.17) is 13.9 Å². The van der Waals surface area contributed by atoms with Crippen LogP contribution in [0.3, 0.4) is 0 Å². The van der Waals surface area contributed by atoms with E-state index >= 15 is 0 Å². The van der Waals surface area contributed by atoms with E-state index in [0.717, 1.165) is 0 Å². The second-order valence-electron chi connectivity index (χ2n) is 6.62. The predicted molar refractivity (Wildman–Crippen MR) is 96.4 cm³/mol. The number of aromatic nitrogens is 4. The molecule has 0 aliphatic carbocycles. The molecule has 3 rings (SSSR count). The lowest BCUT2D eigenvalue weighted by atomic mass is 10.2. The summed E-state index contributed by atoms with van der Waals surface area (Å²) in [6, 6.07) is 8.44. The molecular formula is C18H19N5O4. The van der Waals surface area contributed by atoms with Crippen LogP contribution in [0.1, 0.15) is 26.7 Å². The van der Waals surface area contributed by atoms with Crippen molar-refractivity contribution in [2.24, 2.45) is 0 Å². The number of nitrogens with one attached hydrogen (secondary N) is 1. The van der Waals surface area contributed by atoms with Crippen LogP contribution < -0.4 is 10.1 Å². The fraction of sp³-hybridized carbons (Fsp3) is 0.278. The van der Waals surface area contributed by atoms with Crippen molar-refractivity contribution in [2.75, 3.05) is 5.32 Å². The molecule has 1 N–H and O–H groups in total. The van der Waals surface area contributed by atoms with Crippen LogP contribution in [0.5, 0.6) is 11.6 Å². The number of hydrogen-bond acceptors (Lipinski definition) is 8. The van der Waals surface area contributed by atoms with Crippen molar-refractivity contribution in [1.29, 1.82) is 0 Å². The van der Waals surface area contributed by atoms with Gasteiger partial charge in [-0.25, -0.2) is 14.8 Å². The molecule has 1 aromatic carbocycles. The number of amides is 1. The van der Waals surface area contributed by atoms with Gasteiger partial charge in [-0.2, -0.15) is 0 Å². The molecule has 0 aliphatic rings. The molecule has 0 fully saturated rings. The molecule has 2 heterocycles. The number of benzene rings is 1. The Morgan fingerprint density at radius 2 is 1.96 bits per heavy atom. The first kappa shape index (κ1) is 18.3. The zero-order valence-corrected chi connectivity index (χ0v) is 15.4. The zero-order chi connectivity index (χ0) is 19.4. The van der Waals surface area contributed by atoms with Crippen LogP contribution in [-0.2, 0) is 4.74 Å². The molecule has 0 radical (unpaired) electrons. The third-order valence-corrected chi connectivity index (χ3v) is 3.09. The smallest absolute Gasteiger partial charge is 0.412 e. The lowest BCUT2D eigenvalue weighted by molar-refractivity contribution is 0.0636. The third kappa shape index (κ3) is 5.24. The molecule has 27 heavy (non-hydrogen) atoms. The third-order valence-electron chi connectivity index (χ3n) is 3.09. The van der Waals surface area contributed by atoms with Gasteiger partial charge >= 0.3 is 6.09 Å². The Bertz CT molecular complexity index is 949. The van der Waals surface area contributed by atoms with Crippen molar-refractivity contribution in [3.05, 3.63) is 42.5 Å². The predicted octanol–water partition coefficient (Wildman–Crippen LogP) is 3.97. The average Bonchev–Trinajstić information content (AvgIpc) is 3.00. The Balaban J connectivity index is 1.72. The number of carbonyl (C=O) groups is 1. The van der Waals surface area contributed by atoms with E-state index in [1.165, 1.54) is 6.33 Å². The summed E-state index contributed by atoms with van der Waals surface area (Å²) in [6.45, 7) is 7.08. The monoisotopic (exact) mass is 369 g/mol. The molecule has 2 aromatic heterocycles. The maximum Gasteiger partial charge on any atom is 0.412 e. The highest BCUT2D eigenvalue weighted by Crippen LogP contribution is 2.25. The minimum Gasteiger partial charge on any atom is -0.444 e. The largest absolute Gasteiger partial charge is 0.444 e. The van der Waals surface area contributed by atoms with Crippen molar-refractivity contribution in [3.8, 4) is 23.2 Å². The van der Waals surface area contributed by atoms with Crippen LogP contribution in [0.15, 0.2) is 41.1 Å². The number of ether oxygens (including phenoxy) is 2. The molecule has 1 amide bonds. The number of hydrogen-bond donors (Lipinski definition) is 1. The van der Waals surface area contributed by atoms with Gasteiger partial charge in [0.15, 0.2) is 0 Å². The molecule has 9 heteroatoms. The van der Waals surface area contributed by atoms with Crippen LogP contribution in [0.4, 0.5) is 10.5 Å². The minimum atomic E-state index is -0.581. The summed E-state index contributed by atoms with van der Waals surface area (Å²) in [4.78, 5) is 20.0. The summed E-state index contributed by atoms with van der Waals surface area (Å²) in [5.74, 6) is 1.49. The fourth-order valence-electron chi connectivity index (χ4n) is 2.09. The van der Waals surface area contributed by atoms with Gasteiger partial charge in [-0.1, -0.05) is 6.07 Å². The van der Waals surface area contributed by atoms with E-state index < -0.39 is 11.7 Å². The maximum absolute atomic E-state index is 11.9. The van der Waals surface area contributed by atoms with Gasteiger partial charge in [0.05, 0.1) is 0 Å². The molecule has 0 saturated carbocycles. The van der Waals surface area contributed by atoms with Crippen LogP contribution in [-0.4, -0.2) is 31.9 Å². The lowest BCUT2D eigenvalue weighted by Gasteiger charge is -2.19. The zero-order valence-electron chi connectivity index (χ0n) is 15.4. The Kier molecular flexibility index (Phi) is 5.02. The van der Waals surface area contributed by atoms with Crippen LogP contribution >= 0.6 is 0 Å². The molecule has 0 unspecified atom stereocenters. The van der Waals surface area contributed by atoms with Crippen molar-refractivity contribution >= 4 is 11.8 Å². The molecule has 0 bridgehead atoms. The summed E-state index contributed by atoms with van der Waals surface area (Å²) in [7, 11) is 0. The summed E-state index contributed by atoms with van der Waals surface area (Å²) in [5.41, 5.74) is 0.398. The molecule has 3 aromatic rings. The van der Waals surface area contributed by atoms with E-state index in [-0.39, 0.29) is 5.89 Å². The van der Waals surface area contributed by atoms with Crippen molar-refractivity contribution in [3.63, 3.8) is 0 Å². The Morgan fingerprint density at radius 3 is 2.67 bits per heavy atom. The first-order valence-corrected chi connectivity index (χ1v) is 8.19. The van der Waals surface area contributed by atoms with Crippen LogP contribution in [0.25, 0.3) is 11.6 Å². The van der Waals surface area contributed by atoms with Gasteiger partial charge in [-0.3, -0.25) is 5.32 Å². The molecule has 140 valence electrons. The van der Waals surface area contributed by atoms with E-state index in [9.17, 15) is 4.79 Å². The first-order chi connectivity index (χ1) is 12.8. The second kappa shape index (κ2) is 7.40. The fourth-order valence-corrected chi connectivity index (χ4v) is 2.09. The van der Waals surface area contributed by atoms with E-state index in [2.05, 4.69) is 25.5 Å². The number of carbonyl (C=O) groups excluding carboxylic acids is 1. The highest BCUT2D eigenvalue weighted by Gasteiger charge is 2.16. The lowest BCUT2D eigenvalue weighted by Crippen LogP contribution is -2.27. The van der Waals surface area contributed by atoms with Crippen LogP contribution in [0, 0.1) is 6.92 Å². The summed E-state index contributed by atoms with van der Waals surface area (Å²) in [5, 5.41) is 10.3. The molecule has 0 saturated heterocycles. The van der Waals surface area contributed by atoms with Crippen molar-refractivity contribution in [1.82, 2.24) is 20.2 Å². The topological polar surface area (TPSA) is 112 Å². The van der Waals surface area contributed by atoms with Crippen molar-refractivity contribution < 1.29 is 18.7 Å². The Labute approximate surface area is 155 Å². The highest BCUT2D eigenvalue weighted by molar-refractivity contribution is 5.85. The molecule has 0 atom stereocenters. The minimum absolute atomic E-state index is 0.278.